The molecule has 0 unspecified atom stereocenters. The normalized spacial score (nSPS) is 24.9. The van der Waals surface area contributed by atoms with E-state index >= 15 is 33.2 Å². The van der Waals surface area contributed by atoms with Crippen LogP contribution in [0.15, 0.2) is 110 Å². The number of rotatable bonds is 17. The Hall–Kier alpha value is -11.1. The van der Waals surface area contributed by atoms with E-state index in [0.717, 1.165) is 63.8 Å². The summed E-state index contributed by atoms with van der Waals surface area (Å²) in [6, 6.07) is 1.17. The van der Waals surface area contributed by atoms with E-state index in [9.17, 15) is 62.4 Å². The Labute approximate surface area is 671 Å². The van der Waals surface area contributed by atoms with E-state index in [2.05, 4.69) is 52.2 Å². The number of para-hydroxylation sites is 1. The van der Waals surface area contributed by atoms with Crippen LogP contribution < -0.4 is 37.2 Å². The second-order valence-corrected chi connectivity index (χ2v) is 32.4. The summed E-state index contributed by atoms with van der Waals surface area (Å²) in [5.74, 6) is -17.3. The maximum Gasteiger partial charge on any atom is 0.326 e. The number of aromatic hydroxyl groups is 1. The zero-order valence-corrected chi connectivity index (χ0v) is 66.3. The Morgan fingerprint density at radius 1 is 0.600 bits per heavy atom. The summed E-state index contributed by atoms with van der Waals surface area (Å²) in [4.78, 5) is 209. The Balaban J connectivity index is 1.16. The van der Waals surface area contributed by atoms with Crippen molar-refractivity contribution in [1.82, 2.24) is 76.7 Å². The molecule has 0 aliphatic carbocycles. The van der Waals surface area contributed by atoms with Gasteiger partial charge in [0.2, 0.25) is 70.9 Å². The molecular weight excluding hydrogens is 1560 g/mol. The van der Waals surface area contributed by atoms with Gasteiger partial charge in [-0.2, -0.15) is 0 Å². The van der Waals surface area contributed by atoms with Crippen molar-refractivity contribution in [2.45, 2.75) is 176 Å². The summed E-state index contributed by atoms with van der Waals surface area (Å²) >= 11 is 12.7. The van der Waals surface area contributed by atoms with Crippen molar-refractivity contribution >= 4 is 121 Å². The van der Waals surface area contributed by atoms with Crippen molar-refractivity contribution in [3.8, 4) is 5.75 Å². The number of carboxylic acid groups (broad SMARTS) is 1. The zero-order chi connectivity index (χ0) is 84.0. The van der Waals surface area contributed by atoms with Crippen molar-refractivity contribution in [3.05, 3.63) is 154 Å². The summed E-state index contributed by atoms with van der Waals surface area (Å²) in [6.07, 6.45) is -2.30. The van der Waals surface area contributed by atoms with Gasteiger partial charge < -0.3 is 92.1 Å². The number of phenols is 1. The highest BCUT2D eigenvalue weighted by atomic mass is 35.5. The van der Waals surface area contributed by atoms with Gasteiger partial charge in [-0.15, -0.1) is 0 Å². The van der Waals surface area contributed by atoms with Crippen molar-refractivity contribution < 1.29 is 95.6 Å². The van der Waals surface area contributed by atoms with Gasteiger partial charge in [0.15, 0.2) is 11.6 Å². The Morgan fingerprint density at radius 3 is 1.74 bits per heavy atom. The number of aromatic amines is 2. The van der Waals surface area contributed by atoms with Gasteiger partial charge in [-0.05, 0) is 118 Å². The monoisotopic (exact) mass is 1650 g/mol. The lowest BCUT2D eigenvalue weighted by atomic mass is 9.98. The molecule has 618 valence electrons. The van der Waals surface area contributed by atoms with Gasteiger partial charge >= 0.3 is 5.97 Å². The minimum Gasteiger partial charge on any atom is -0.505 e. The topological polar surface area (TPSA) is 482 Å². The maximum absolute atomic E-state index is 16.0. The number of halogens is 3. The number of imidazole rings is 1. The van der Waals surface area contributed by atoms with Crippen LogP contribution in [0.4, 0.5) is 4.39 Å². The minimum atomic E-state index is -3.97. The molecular formula is C77H94Cl2FN15O19S. The fourth-order valence-corrected chi connectivity index (χ4v) is 15.2. The number of sulfone groups is 1. The van der Waals surface area contributed by atoms with Crippen molar-refractivity contribution in [1.29, 1.82) is 0 Å². The maximum atomic E-state index is 16.0. The number of carbonyl (C=O) groups is 13. The lowest BCUT2D eigenvalue weighted by molar-refractivity contribution is -0.151. The van der Waals surface area contributed by atoms with Crippen LogP contribution >= 0.6 is 23.2 Å². The van der Waals surface area contributed by atoms with Crippen LogP contribution in [-0.2, 0) is 104 Å². The van der Waals surface area contributed by atoms with Crippen LogP contribution in [0, 0.1) is 5.82 Å². The zero-order valence-electron chi connectivity index (χ0n) is 64.0. The van der Waals surface area contributed by atoms with Gasteiger partial charge in [-0.25, -0.2) is 22.6 Å². The number of hydrogen-bond donors (Lipinski definition) is 13. The second-order valence-electron chi connectivity index (χ2n) is 29.2. The molecule has 3 aliphatic rings. The van der Waals surface area contributed by atoms with E-state index in [1.807, 2.05) is 0 Å². The van der Waals surface area contributed by atoms with Crippen molar-refractivity contribution in [3.63, 3.8) is 0 Å². The average molecular weight is 1660 g/mol. The quantitative estimate of drug-likeness (QED) is 0.0577. The molecule has 6 aromatic rings. The summed E-state index contributed by atoms with van der Waals surface area (Å²) in [7, 11) is -0.370. The number of carboxylic acids is 1. The highest BCUT2D eigenvalue weighted by molar-refractivity contribution is 7.90. The fourth-order valence-electron chi connectivity index (χ4n) is 14.3. The van der Waals surface area contributed by atoms with Crippen molar-refractivity contribution in [2.24, 2.45) is 0 Å². The summed E-state index contributed by atoms with van der Waals surface area (Å²) in [5.41, 5.74) is 1.97. The molecule has 3 aliphatic heterocycles. The highest BCUT2D eigenvalue weighted by Gasteiger charge is 2.46. The summed E-state index contributed by atoms with van der Waals surface area (Å²) in [5, 5.41) is 62.2. The number of aliphatic hydroxyl groups is 2. The number of amides is 12. The van der Waals surface area contributed by atoms with Crippen LogP contribution in [0.2, 0.25) is 10.0 Å². The first-order chi connectivity index (χ1) is 54.4. The van der Waals surface area contributed by atoms with Gasteiger partial charge in [0.1, 0.15) is 82.3 Å². The van der Waals surface area contributed by atoms with Crippen LogP contribution in [0.25, 0.3) is 10.9 Å². The number of aromatic nitrogens is 3. The molecule has 12 amide bonds. The third-order valence-electron chi connectivity index (χ3n) is 20.7. The summed E-state index contributed by atoms with van der Waals surface area (Å²) in [6.45, 7) is 3.17. The molecule has 5 heterocycles. The van der Waals surface area contributed by atoms with E-state index in [1.165, 1.54) is 63.9 Å². The molecule has 14 atom stereocenters. The SMILES string of the molecule is C[C@@H]1NC(=O)C[C@@H](C(=O)N2CCC[C@H]2C(=O)O)NC(=O)[C@H](Cc2ccc(Cl)cc2)N(C)C(=O)[C@H](Cc2ccc(Cl)cc2)N(C)C(=O)[C@H](Cc2c[nH]c3ccccc23)NC(=O)[C@H]([C@@H](C)O)NC(=O)[C@H]([C@@H](C)O)NC(=O)[C@H](Cc2cnc[nH]2)N(C)C(=O)[C@H](Cc2ccc(O)c(F)c2)NC(=O)[C@H](CCS(C)(=O)=O)NC(=O)[C@@H]2CCCN2C1=O. The third kappa shape index (κ3) is 22.7. The third-order valence-corrected chi connectivity index (χ3v) is 22.2. The van der Waals surface area contributed by atoms with E-state index in [0.29, 0.717) is 27.6 Å². The smallest absolute Gasteiger partial charge is 0.326 e. The number of likely N-dealkylation sites (N-methyl/N-ethyl adjacent to an activating group) is 3. The number of benzene rings is 4. The molecule has 38 heteroatoms. The standard InChI is InChI=1S/C77H94Cl2FN15O19S/c1-40-72(106)94-27-10-14-57(94)67(101)85-53(26-29-115(7,113)114)66(100)86-54(31-45-20-25-62(98)51(80)30-45)73(107)91(4)60(35-49-38-81-39-83-49)69(103)89-65(42(3)97)71(105)90-64(41(2)96)70(104)88-55(34-46-37-82-52-13-9-8-12-50(46)52)74(108)93(6)61(33-44-18-23-48(79)24-19-44)76(110)92(5)59(32-43-16-21-47(78)22-17-43)68(102)87-56(36-63(99)84-40)75(109)95-28-11-15-58(95)77(111)112/h8-9,12-13,16-25,30,37-42,53-61,64-65,82,96-98H,10-11,14-15,26-29,31-36H2,1-7H3,(H,81,83)(H,84,99)(H,85,101)(H,86,100)(H,87,102)(H,88,104)(H,89,103)(H,90,105)(H,111,112)/t40-,41+,42+,53-,54-,55-,56-,57-,58-,59-,60-,61-,64-,65-/m0/s1. The Kier molecular flexibility index (Phi) is 29.7. The van der Waals surface area contributed by atoms with Gasteiger partial charge in [0.25, 0.3) is 0 Å². The van der Waals surface area contributed by atoms with E-state index in [1.54, 1.807) is 54.7 Å². The number of likely N-dealkylation sites (tertiary alicyclic amines) is 1. The molecule has 3 fully saturated rings. The highest BCUT2D eigenvalue weighted by Crippen LogP contribution is 2.27. The van der Waals surface area contributed by atoms with E-state index < -0.39 is 214 Å². The molecule has 3 saturated heterocycles. The number of nitrogens with one attached hydrogen (secondary N) is 9. The van der Waals surface area contributed by atoms with Crippen LogP contribution in [-0.4, -0.2) is 276 Å². The number of phenolic OH excluding ortho intramolecular Hbond substituents is 1. The summed E-state index contributed by atoms with van der Waals surface area (Å²) < 4.78 is 40.9. The number of aliphatic hydroxyl groups excluding tert-OH is 2. The fraction of sp³-hybridized carbons (Fsp3) is 0.455. The van der Waals surface area contributed by atoms with Gasteiger partial charge in [-0.1, -0.05) is 71.7 Å². The number of aliphatic carboxylic acids is 1. The predicted molar refractivity (Wildman–Crippen MR) is 415 cm³/mol. The largest absolute Gasteiger partial charge is 0.505 e. The van der Waals surface area contributed by atoms with E-state index in [4.69, 9.17) is 23.2 Å². The first-order valence-corrected chi connectivity index (χ1v) is 40.0. The lowest BCUT2D eigenvalue weighted by Gasteiger charge is -2.37. The Bertz CT molecular complexity index is 4710. The van der Waals surface area contributed by atoms with Crippen LogP contribution in [0.1, 0.15) is 87.2 Å². The van der Waals surface area contributed by atoms with Crippen LogP contribution in [0.5, 0.6) is 5.75 Å². The number of fused-ring (bicyclic) bond motifs is 2. The molecule has 0 spiro atoms. The average Bonchev–Trinajstić information content (AvgIpc) is 1.78. The predicted octanol–water partition coefficient (Wildman–Crippen LogP) is 0.117. The molecule has 13 N–H and O–H groups in total. The van der Waals surface area contributed by atoms with Gasteiger partial charge in [0, 0.05) is 112 Å². The molecule has 4 aromatic carbocycles. The lowest BCUT2D eigenvalue weighted by Crippen LogP contribution is -2.64. The first-order valence-electron chi connectivity index (χ1n) is 37.2. The molecule has 2 aromatic heterocycles. The number of H-pyrrole nitrogens is 2. The number of nitrogens with zero attached hydrogens (tertiary/aromatic N) is 6. The molecule has 0 bridgehead atoms. The van der Waals surface area contributed by atoms with Crippen molar-refractivity contribution in [2.75, 3.05) is 46.2 Å². The molecule has 0 saturated carbocycles. The molecule has 0 radical (unpaired) electrons. The van der Waals surface area contributed by atoms with Gasteiger partial charge in [-0.3, -0.25) is 57.5 Å². The number of carbonyl (C=O) groups excluding carboxylic acids is 12. The Morgan fingerprint density at radius 2 is 1.14 bits per heavy atom. The number of hydrogen-bond acceptors (Lipinski definition) is 19. The second kappa shape index (κ2) is 38.8. The minimum absolute atomic E-state index is 0.0184. The molecule has 9 rings (SSSR count). The first kappa shape index (κ1) is 87.9. The van der Waals surface area contributed by atoms with Crippen LogP contribution in [0.3, 0.4) is 0 Å². The van der Waals surface area contributed by atoms with E-state index in [-0.39, 0.29) is 79.3 Å². The van der Waals surface area contributed by atoms with Gasteiger partial charge in [0.05, 0.1) is 30.7 Å². The molecule has 115 heavy (non-hydrogen) atoms. The molecule has 34 nitrogen and oxygen atoms in total.